The maximum atomic E-state index is 12.6. The maximum absolute atomic E-state index is 12.6. The summed E-state index contributed by atoms with van der Waals surface area (Å²) in [5.74, 6) is -1.64. The van der Waals surface area contributed by atoms with Crippen LogP contribution in [0.4, 0.5) is 0 Å². The number of carbonyl (C=O) groups excluding carboxylic acids is 1. The third kappa shape index (κ3) is 6.02. The lowest BCUT2D eigenvalue weighted by Crippen LogP contribution is -2.50. The van der Waals surface area contributed by atoms with E-state index in [1.165, 1.54) is 31.4 Å². The Hall–Kier alpha value is -1.97. The van der Waals surface area contributed by atoms with Crippen molar-refractivity contribution in [2.75, 3.05) is 13.7 Å². The van der Waals surface area contributed by atoms with E-state index in [0.717, 1.165) is 25.7 Å². The molecule has 27 heavy (non-hydrogen) atoms. The van der Waals surface area contributed by atoms with Crippen molar-refractivity contribution < 1.29 is 27.9 Å². The number of benzene rings is 1. The van der Waals surface area contributed by atoms with Crippen molar-refractivity contribution in [3.8, 4) is 0 Å². The summed E-state index contributed by atoms with van der Waals surface area (Å²) in [7, 11) is -2.31. The second-order valence-electron chi connectivity index (χ2n) is 7.15. The molecular weight excluding hydrogens is 372 g/mol. The van der Waals surface area contributed by atoms with E-state index in [0.29, 0.717) is 0 Å². The van der Waals surface area contributed by atoms with Crippen LogP contribution in [0.1, 0.15) is 49.4 Å². The summed E-state index contributed by atoms with van der Waals surface area (Å²) in [6, 6.07) is 5.62. The maximum Gasteiger partial charge on any atom is 0.305 e. The SMILES string of the molecule is COCC(C)(CC(=O)O)NC(=O)c1cccc(S(=O)(=O)NC2CCCC2)c1. The van der Waals surface area contributed by atoms with Crippen molar-refractivity contribution in [3.63, 3.8) is 0 Å². The van der Waals surface area contributed by atoms with Gasteiger partial charge in [0.05, 0.1) is 23.5 Å². The number of ether oxygens (including phenoxy) is 1. The van der Waals surface area contributed by atoms with Gasteiger partial charge in [0.2, 0.25) is 10.0 Å². The molecule has 1 aliphatic carbocycles. The molecule has 1 unspecified atom stereocenters. The number of sulfonamides is 1. The number of amides is 1. The van der Waals surface area contributed by atoms with E-state index < -0.39 is 27.4 Å². The molecule has 1 aromatic carbocycles. The van der Waals surface area contributed by atoms with Gasteiger partial charge in [0.1, 0.15) is 0 Å². The molecule has 0 heterocycles. The lowest BCUT2D eigenvalue weighted by Gasteiger charge is -2.28. The van der Waals surface area contributed by atoms with E-state index in [4.69, 9.17) is 9.84 Å². The number of methoxy groups -OCH3 is 1. The van der Waals surface area contributed by atoms with E-state index in [-0.39, 0.29) is 29.5 Å². The number of nitrogens with one attached hydrogen (secondary N) is 2. The van der Waals surface area contributed by atoms with Crippen molar-refractivity contribution in [2.45, 2.75) is 55.5 Å². The van der Waals surface area contributed by atoms with Crippen LogP contribution in [0.25, 0.3) is 0 Å². The summed E-state index contributed by atoms with van der Waals surface area (Å²) >= 11 is 0. The van der Waals surface area contributed by atoms with Gasteiger partial charge >= 0.3 is 5.97 Å². The first kappa shape index (κ1) is 21.3. The molecular formula is C18H26N2O6S. The first-order valence-electron chi connectivity index (χ1n) is 8.81. The van der Waals surface area contributed by atoms with E-state index in [2.05, 4.69) is 10.0 Å². The first-order valence-corrected chi connectivity index (χ1v) is 10.3. The molecule has 1 amide bonds. The van der Waals surface area contributed by atoms with Gasteiger partial charge in [-0.3, -0.25) is 9.59 Å². The van der Waals surface area contributed by atoms with E-state index in [9.17, 15) is 18.0 Å². The fourth-order valence-corrected chi connectivity index (χ4v) is 4.62. The number of carbonyl (C=O) groups is 2. The smallest absolute Gasteiger partial charge is 0.305 e. The average Bonchev–Trinajstić information content (AvgIpc) is 3.06. The molecule has 0 aromatic heterocycles. The summed E-state index contributed by atoms with van der Waals surface area (Å²) in [4.78, 5) is 23.6. The van der Waals surface area contributed by atoms with Gasteiger partial charge in [-0.05, 0) is 38.0 Å². The number of carboxylic acid groups (broad SMARTS) is 1. The molecule has 0 aliphatic heterocycles. The fourth-order valence-electron chi connectivity index (χ4n) is 3.27. The Morgan fingerprint density at radius 2 is 1.96 bits per heavy atom. The summed E-state index contributed by atoms with van der Waals surface area (Å²) in [5, 5.41) is 11.7. The summed E-state index contributed by atoms with van der Waals surface area (Å²) in [6.07, 6.45) is 3.29. The predicted molar refractivity (Wildman–Crippen MR) is 99.0 cm³/mol. The van der Waals surface area contributed by atoms with Crippen molar-refractivity contribution in [2.24, 2.45) is 0 Å². The Morgan fingerprint density at radius 3 is 2.56 bits per heavy atom. The molecule has 2 rings (SSSR count). The number of hydrogen-bond acceptors (Lipinski definition) is 5. The van der Waals surface area contributed by atoms with Crippen LogP contribution in [0.15, 0.2) is 29.2 Å². The molecule has 1 saturated carbocycles. The minimum atomic E-state index is -3.72. The molecule has 1 fully saturated rings. The first-order chi connectivity index (χ1) is 12.6. The van der Waals surface area contributed by atoms with Gasteiger partial charge in [0.15, 0.2) is 0 Å². The third-order valence-corrected chi connectivity index (χ3v) is 6.02. The number of hydrogen-bond donors (Lipinski definition) is 3. The summed E-state index contributed by atoms with van der Waals surface area (Å²) in [5.41, 5.74) is -0.980. The van der Waals surface area contributed by atoms with Gasteiger partial charge in [-0.1, -0.05) is 18.9 Å². The summed E-state index contributed by atoms with van der Waals surface area (Å²) in [6.45, 7) is 1.57. The minimum absolute atomic E-state index is 0.00622. The minimum Gasteiger partial charge on any atom is -0.481 e. The number of carboxylic acids is 1. The molecule has 1 aromatic rings. The van der Waals surface area contributed by atoms with Gasteiger partial charge in [-0.25, -0.2) is 13.1 Å². The number of aliphatic carboxylic acids is 1. The fraction of sp³-hybridized carbons (Fsp3) is 0.556. The van der Waals surface area contributed by atoms with Gasteiger partial charge in [0.25, 0.3) is 5.91 Å². The zero-order valence-corrected chi connectivity index (χ0v) is 16.3. The zero-order valence-electron chi connectivity index (χ0n) is 15.5. The Kier molecular flexibility index (Phi) is 6.96. The third-order valence-electron chi connectivity index (χ3n) is 4.50. The monoisotopic (exact) mass is 398 g/mol. The van der Waals surface area contributed by atoms with Crippen molar-refractivity contribution in [3.05, 3.63) is 29.8 Å². The van der Waals surface area contributed by atoms with Crippen LogP contribution in [0.2, 0.25) is 0 Å². The topological polar surface area (TPSA) is 122 Å². The highest BCUT2D eigenvalue weighted by Crippen LogP contribution is 2.21. The number of rotatable bonds is 9. The molecule has 0 radical (unpaired) electrons. The largest absolute Gasteiger partial charge is 0.481 e. The lowest BCUT2D eigenvalue weighted by molar-refractivity contribution is -0.139. The molecule has 0 spiro atoms. The molecule has 9 heteroatoms. The molecule has 1 atom stereocenters. The highest BCUT2D eigenvalue weighted by Gasteiger charge is 2.30. The molecule has 0 saturated heterocycles. The molecule has 0 bridgehead atoms. The Balaban J connectivity index is 2.17. The molecule has 1 aliphatic rings. The molecule has 150 valence electrons. The zero-order chi connectivity index (χ0) is 20.1. The van der Waals surface area contributed by atoms with E-state index in [1.807, 2.05) is 0 Å². The predicted octanol–water partition coefficient (Wildman–Crippen LogP) is 1.52. The van der Waals surface area contributed by atoms with Crippen LogP contribution < -0.4 is 10.0 Å². The quantitative estimate of drug-likeness (QED) is 0.580. The highest BCUT2D eigenvalue weighted by atomic mass is 32.2. The normalized spacial score (nSPS) is 17.4. The van der Waals surface area contributed by atoms with Crippen LogP contribution in [0, 0.1) is 0 Å². The van der Waals surface area contributed by atoms with Crippen molar-refractivity contribution in [1.29, 1.82) is 0 Å². The highest BCUT2D eigenvalue weighted by molar-refractivity contribution is 7.89. The standard InChI is InChI=1S/C18H26N2O6S/c1-18(12-26-2,11-16(21)22)19-17(23)13-6-5-9-15(10-13)27(24,25)20-14-7-3-4-8-14/h5-6,9-10,14,20H,3-4,7-8,11-12H2,1-2H3,(H,19,23)(H,21,22). The Labute approximate surface area is 159 Å². The van der Waals surface area contributed by atoms with Gasteiger partial charge in [-0.15, -0.1) is 0 Å². The van der Waals surface area contributed by atoms with Crippen molar-refractivity contribution >= 4 is 21.9 Å². The van der Waals surface area contributed by atoms with Crippen LogP contribution in [0.3, 0.4) is 0 Å². The molecule has 8 nitrogen and oxygen atoms in total. The van der Waals surface area contributed by atoms with Gasteiger partial charge in [-0.2, -0.15) is 0 Å². The second-order valence-corrected chi connectivity index (χ2v) is 8.86. The van der Waals surface area contributed by atoms with Gasteiger partial charge in [0, 0.05) is 18.7 Å². The summed E-state index contributed by atoms with van der Waals surface area (Å²) < 4.78 is 32.8. The van der Waals surface area contributed by atoms with Gasteiger partial charge < -0.3 is 15.2 Å². The van der Waals surface area contributed by atoms with E-state index >= 15 is 0 Å². The second kappa shape index (κ2) is 8.81. The average molecular weight is 398 g/mol. The Bertz CT molecular complexity index is 789. The Morgan fingerprint density at radius 1 is 1.30 bits per heavy atom. The van der Waals surface area contributed by atoms with Crippen LogP contribution in [-0.4, -0.2) is 50.7 Å². The van der Waals surface area contributed by atoms with E-state index in [1.54, 1.807) is 6.92 Å². The lowest BCUT2D eigenvalue weighted by atomic mass is 9.98. The van der Waals surface area contributed by atoms with Crippen LogP contribution in [0.5, 0.6) is 0 Å². The molecule has 3 N–H and O–H groups in total. The van der Waals surface area contributed by atoms with Crippen LogP contribution >= 0.6 is 0 Å². The van der Waals surface area contributed by atoms with Crippen molar-refractivity contribution in [1.82, 2.24) is 10.0 Å². The van der Waals surface area contributed by atoms with Crippen LogP contribution in [-0.2, 0) is 19.6 Å².